The lowest BCUT2D eigenvalue weighted by Gasteiger charge is -2.31. The van der Waals surface area contributed by atoms with Crippen LogP contribution in [0.25, 0.3) is 11.2 Å². The highest BCUT2D eigenvalue weighted by Gasteiger charge is 2.33. The summed E-state index contributed by atoms with van der Waals surface area (Å²) in [5, 5.41) is 8.26. The van der Waals surface area contributed by atoms with Gasteiger partial charge in [0, 0.05) is 32.1 Å². The molecule has 14 heteroatoms. The second kappa shape index (κ2) is 12.4. The predicted octanol–water partition coefficient (Wildman–Crippen LogP) is 3.70. The molecule has 1 saturated heterocycles. The van der Waals surface area contributed by atoms with Gasteiger partial charge in [0.15, 0.2) is 11.2 Å². The van der Waals surface area contributed by atoms with E-state index in [0.29, 0.717) is 30.9 Å². The molecule has 4 aromatic rings. The Hall–Kier alpha value is -3.46. The van der Waals surface area contributed by atoms with Crippen molar-refractivity contribution in [3.8, 4) is 0 Å². The van der Waals surface area contributed by atoms with Gasteiger partial charge in [0.25, 0.3) is 5.56 Å². The van der Waals surface area contributed by atoms with Crippen molar-refractivity contribution in [2.75, 3.05) is 20.1 Å². The lowest BCUT2D eigenvalue weighted by molar-refractivity contribution is 0.286. The van der Waals surface area contributed by atoms with Crippen molar-refractivity contribution < 1.29 is 16.8 Å². The van der Waals surface area contributed by atoms with Gasteiger partial charge in [0.05, 0.1) is 16.3 Å². The maximum atomic E-state index is 13.5. The molecule has 0 bridgehead atoms. The average molecular weight is 654 g/mol. The van der Waals surface area contributed by atoms with Crippen LogP contribution in [0.3, 0.4) is 0 Å². The van der Waals surface area contributed by atoms with E-state index in [9.17, 15) is 21.6 Å². The number of piperidine rings is 1. The molecule has 3 heterocycles. The monoisotopic (exact) mass is 653 g/mol. The molecular formula is C31H39N7O5S2. The van der Waals surface area contributed by atoms with Crippen LogP contribution in [0, 0.1) is 13.8 Å². The Morgan fingerprint density at radius 3 is 2.27 bits per heavy atom. The molecule has 1 aliphatic heterocycles. The van der Waals surface area contributed by atoms with Gasteiger partial charge >= 0.3 is 0 Å². The second-order valence-electron chi connectivity index (χ2n) is 12.3. The number of H-pyrrole nitrogens is 1. The molecule has 0 unspecified atom stereocenters. The third-order valence-electron chi connectivity index (χ3n) is 9.28. The van der Waals surface area contributed by atoms with Crippen molar-refractivity contribution in [1.29, 1.82) is 0 Å². The first-order valence-electron chi connectivity index (χ1n) is 15.4. The summed E-state index contributed by atoms with van der Waals surface area (Å²) < 4.78 is 57.9. The number of nitrogens with zero attached hydrogens (tertiary/aromatic N) is 6. The molecule has 45 heavy (non-hydrogen) atoms. The van der Waals surface area contributed by atoms with Crippen molar-refractivity contribution in [2.24, 2.45) is 0 Å². The van der Waals surface area contributed by atoms with Crippen LogP contribution in [0.2, 0.25) is 0 Å². The molecule has 240 valence electrons. The quantitative estimate of drug-likeness (QED) is 0.302. The van der Waals surface area contributed by atoms with E-state index in [0.717, 1.165) is 48.8 Å². The molecule has 0 spiro atoms. The van der Waals surface area contributed by atoms with Crippen molar-refractivity contribution >= 4 is 31.2 Å². The lowest BCUT2D eigenvalue weighted by atomic mass is 9.96. The van der Waals surface area contributed by atoms with Crippen LogP contribution in [0.1, 0.15) is 73.4 Å². The number of rotatable bonds is 8. The number of aromatic nitrogens is 5. The van der Waals surface area contributed by atoms with E-state index < -0.39 is 20.0 Å². The molecule has 2 aliphatic rings. The Morgan fingerprint density at radius 1 is 0.911 bits per heavy atom. The first kappa shape index (κ1) is 31.5. The molecule has 2 fully saturated rings. The Bertz CT molecular complexity index is 1970. The zero-order valence-corrected chi connectivity index (χ0v) is 27.4. The van der Waals surface area contributed by atoms with Gasteiger partial charge in [-0.2, -0.15) is 8.61 Å². The predicted molar refractivity (Wildman–Crippen MR) is 170 cm³/mol. The first-order chi connectivity index (χ1) is 21.4. The molecule has 1 N–H and O–H groups in total. The van der Waals surface area contributed by atoms with Gasteiger partial charge in [0.2, 0.25) is 20.0 Å². The molecule has 12 nitrogen and oxygen atoms in total. The zero-order valence-electron chi connectivity index (χ0n) is 25.8. The van der Waals surface area contributed by atoms with E-state index >= 15 is 0 Å². The van der Waals surface area contributed by atoms with E-state index in [-0.39, 0.29) is 45.9 Å². The topological polar surface area (TPSA) is 151 Å². The van der Waals surface area contributed by atoms with E-state index in [2.05, 4.69) is 21.4 Å². The summed E-state index contributed by atoms with van der Waals surface area (Å²) in [5.74, 6) is 0.339. The van der Waals surface area contributed by atoms with Crippen LogP contribution >= 0.6 is 0 Å². The molecule has 0 radical (unpaired) electrons. The third-order valence-corrected chi connectivity index (χ3v) is 13.1. The largest absolute Gasteiger partial charge is 0.308 e. The van der Waals surface area contributed by atoms with E-state index in [1.807, 2.05) is 26.0 Å². The number of nitrogens with one attached hydrogen (secondary N) is 1. The van der Waals surface area contributed by atoms with Crippen LogP contribution < -0.4 is 5.56 Å². The number of hydrogen-bond donors (Lipinski definition) is 1. The normalized spacial score (nSPS) is 17.8. The minimum absolute atomic E-state index is 0.0345. The summed E-state index contributed by atoms with van der Waals surface area (Å²) >= 11 is 0. The van der Waals surface area contributed by atoms with E-state index in [1.54, 1.807) is 11.7 Å². The molecule has 1 aliphatic carbocycles. The molecule has 2 aromatic carbocycles. The SMILES string of the molecule is Cc1ccc(C)c(Cn2nnc3c(=O)[nH]c(C4CCN(S(=O)(=O)c5ccc(S(=O)(=O)N(C)C6CCCCC6)cc5)CC4)nc32)c1. The second-order valence-corrected chi connectivity index (χ2v) is 16.2. The highest BCUT2D eigenvalue weighted by atomic mass is 32.2. The lowest BCUT2D eigenvalue weighted by Crippen LogP contribution is -2.39. The van der Waals surface area contributed by atoms with Crippen LogP contribution in [-0.4, -0.2) is 76.6 Å². The van der Waals surface area contributed by atoms with Crippen molar-refractivity contribution in [2.45, 2.75) is 87.1 Å². The fraction of sp³-hybridized carbons (Fsp3) is 0.484. The van der Waals surface area contributed by atoms with Gasteiger partial charge in [-0.15, -0.1) is 5.10 Å². The van der Waals surface area contributed by atoms with Gasteiger partial charge in [-0.1, -0.05) is 48.2 Å². The highest BCUT2D eigenvalue weighted by Crippen LogP contribution is 2.31. The summed E-state index contributed by atoms with van der Waals surface area (Å²) in [6.07, 6.45) is 5.74. The molecule has 0 atom stereocenters. The van der Waals surface area contributed by atoms with Gasteiger partial charge in [-0.3, -0.25) is 4.79 Å². The molecule has 2 aromatic heterocycles. The Labute approximate surface area is 263 Å². The maximum absolute atomic E-state index is 13.5. The number of aryl methyl sites for hydroxylation is 2. The number of fused-ring (bicyclic) bond motifs is 1. The summed E-state index contributed by atoms with van der Waals surface area (Å²) in [7, 11) is -5.96. The average Bonchev–Trinajstić information content (AvgIpc) is 3.46. The highest BCUT2D eigenvalue weighted by molar-refractivity contribution is 7.89. The van der Waals surface area contributed by atoms with Gasteiger partial charge in [-0.05, 0) is 74.9 Å². The molecule has 0 amide bonds. The van der Waals surface area contributed by atoms with Crippen molar-refractivity contribution in [3.05, 3.63) is 75.3 Å². The minimum Gasteiger partial charge on any atom is -0.308 e. The Balaban J connectivity index is 1.15. The van der Waals surface area contributed by atoms with Gasteiger partial charge in [0.1, 0.15) is 5.82 Å². The maximum Gasteiger partial charge on any atom is 0.281 e. The van der Waals surface area contributed by atoms with E-state index in [4.69, 9.17) is 4.98 Å². The summed E-state index contributed by atoms with van der Waals surface area (Å²) in [6, 6.07) is 11.7. The van der Waals surface area contributed by atoms with Crippen LogP contribution in [0.4, 0.5) is 0 Å². The standard InChI is InChI=1S/C31H39N7O5S2/c1-21-9-10-22(2)24(19-21)20-38-30-28(34-35-38)31(39)33-29(32-30)23-15-17-37(18-16-23)45(42,43)27-13-11-26(12-14-27)44(40,41)36(3)25-7-5-4-6-8-25/h9-14,19,23,25H,4-8,15-18,20H2,1-3H3,(H,32,33,39). The fourth-order valence-corrected chi connectivity index (χ4v) is 9.31. The third kappa shape index (κ3) is 6.20. The minimum atomic E-state index is -3.85. The molecular weight excluding hydrogens is 615 g/mol. The van der Waals surface area contributed by atoms with Crippen molar-refractivity contribution in [3.63, 3.8) is 0 Å². The van der Waals surface area contributed by atoms with Gasteiger partial charge in [-0.25, -0.2) is 26.5 Å². The van der Waals surface area contributed by atoms with Crippen LogP contribution in [0.5, 0.6) is 0 Å². The van der Waals surface area contributed by atoms with E-state index in [1.165, 1.54) is 32.9 Å². The Morgan fingerprint density at radius 2 is 1.58 bits per heavy atom. The molecule has 1 saturated carbocycles. The molecule has 6 rings (SSSR count). The number of sulfonamides is 2. The van der Waals surface area contributed by atoms with Gasteiger partial charge < -0.3 is 4.98 Å². The number of benzene rings is 2. The number of aromatic amines is 1. The summed E-state index contributed by atoms with van der Waals surface area (Å²) in [6.45, 7) is 4.94. The Kier molecular flexibility index (Phi) is 8.67. The fourth-order valence-electron chi connectivity index (χ4n) is 6.42. The smallest absolute Gasteiger partial charge is 0.281 e. The summed E-state index contributed by atoms with van der Waals surface area (Å²) in [5.41, 5.74) is 3.48. The zero-order chi connectivity index (χ0) is 31.9. The number of hydrogen-bond acceptors (Lipinski definition) is 8. The van der Waals surface area contributed by atoms with Crippen molar-refractivity contribution in [1.82, 2.24) is 33.6 Å². The van der Waals surface area contributed by atoms with Crippen LogP contribution in [-0.2, 0) is 26.6 Å². The van der Waals surface area contributed by atoms with Crippen LogP contribution in [0.15, 0.2) is 57.1 Å². The summed E-state index contributed by atoms with van der Waals surface area (Å²) in [4.78, 5) is 20.6. The first-order valence-corrected chi connectivity index (χ1v) is 18.3.